The third kappa shape index (κ3) is 5.49. The van der Waals surface area contributed by atoms with E-state index >= 15 is 0 Å². The number of aromatic nitrogens is 2. The molecule has 0 bridgehead atoms. The zero-order valence-electron chi connectivity index (χ0n) is 16.6. The van der Waals surface area contributed by atoms with Crippen molar-refractivity contribution in [3.05, 3.63) is 47.8 Å². The van der Waals surface area contributed by atoms with Gasteiger partial charge in [-0.25, -0.2) is 0 Å². The molecule has 154 valence electrons. The number of hydrogen-bond acceptors (Lipinski definition) is 3. The predicted molar refractivity (Wildman–Crippen MR) is 118 cm³/mol. The fourth-order valence-electron chi connectivity index (χ4n) is 3.30. The summed E-state index contributed by atoms with van der Waals surface area (Å²) in [5.74, 6) is 1.37. The minimum atomic E-state index is -0.0999. The Balaban J connectivity index is 0.00000140. The first kappa shape index (κ1) is 22.7. The maximum absolute atomic E-state index is 12.6. The van der Waals surface area contributed by atoms with Crippen molar-refractivity contribution < 1.29 is 4.79 Å². The highest BCUT2D eigenvalue weighted by atomic mass is 35.5. The van der Waals surface area contributed by atoms with Crippen molar-refractivity contribution >= 4 is 36.4 Å². The zero-order chi connectivity index (χ0) is 18.3. The number of hydrogen-bond donors (Lipinski definition) is 2. The van der Waals surface area contributed by atoms with Gasteiger partial charge < -0.3 is 10.6 Å². The molecule has 0 unspecified atom stereocenters. The van der Waals surface area contributed by atoms with Crippen LogP contribution in [0.1, 0.15) is 61.9 Å². The number of amides is 1. The number of benzene rings is 1. The Morgan fingerprint density at radius 2 is 2.00 bits per heavy atom. The summed E-state index contributed by atoms with van der Waals surface area (Å²) in [4.78, 5) is 12.6. The van der Waals surface area contributed by atoms with Crippen molar-refractivity contribution in [2.75, 3.05) is 11.9 Å². The molecule has 1 amide bonds. The number of nitrogens with one attached hydrogen (secondary N) is 2. The van der Waals surface area contributed by atoms with Crippen LogP contribution in [0, 0.1) is 5.92 Å². The van der Waals surface area contributed by atoms with Crippen molar-refractivity contribution in [3.63, 3.8) is 0 Å². The van der Waals surface area contributed by atoms with Gasteiger partial charge in [-0.15, -0.1) is 24.8 Å². The molecule has 2 N–H and O–H groups in total. The van der Waals surface area contributed by atoms with E-state index in [9.17, 15) is 4.79 Å². The Morgan fingerprint density at radius 3 is 2.64 bits per heavy atom. The summed E-state index contributed by atoms with van der Waals surface area (Å²) >= 11 is 0. The van der Waals surface area contributed by atoms with Gasteiger partial charge in [-0.05, 0) is 70.2 Å². The van der Waals surface area contributed by atoms with Gasteiger partial charge in [0.05, 0.1) is 17.4 Å². The fourth-order valence-corrected chi connectivity index (χ4v) is 3.30. The Labute approximate surface area is 179 Å². The van der Waals surface area contributed by atoms with E-state index in [2.05, 4.69) is 42.6 Å². The topological polar surface area (TPSA) is 59.0 Å². The molecular formula is C21H30Cl2N4O. The highest BCUT2D eigenvalue weighted by Gasteiger charge is 2.39. The van der Waals surface area contributed by atoms with E-state index in [1.54, 1.807) is 6.20 Å². The van der Waals surface area contributed by atoms with Gasteiger partial charge in [-0.3, -0.25) is 9.48 Å². The molecule has 2 saturated carbocycles. The lowest BCUT2D eigenvalue weighted by atomic mass is 10.1. The highest BCUT2D eigenvalue weighted by Crippen LogP contribution is 2.41. The van der Waals surface area contributed by atoms with Gasteiger partial charge in [0.2, 0.25) is 0 Å². The van der Waals surface area contributed by atoms with E-state index in [0.717, 1.165) is 18.2 Å². The summed E-state index contributed by atoms with van der Waals surface area (Å²) < 4.78 is 1.86. The second-order valence-electron chi connectivity index (χ2n) is 8.72. The molecule has 1 heterocycles. The Hall–Kier alpha value is -1.56. The van der Waals surface area contributed by atoms with Gasteiger partial charge in [0, 0.05) is 23.7 Å². The van der Waals surface area contributed by atoms with Gasteiger partial charge in [0.15, 0.2) is 0 Å². The first-order valence-corrected chi connectivity index (χ1v) is 9.60. The van der Waals surface area contributed by atoms with Crippen LogP contribution >= 0.6 is 24.8 Å². The number of nitrogens with zero attached hydrogens (tertiary/aromatic N) is 2. The smallest absolute Gasteiger partial charge is 0.255 e. The molecule has 0 radical (unpaired) electrons. The second kappa shape index (κ2) is 8.85. The molecule has 0 aliphatic heterocycles. The Kier molecular flexibility index (Phi) is 7.18. The molecule has 4 rings (SSSR count). The molecule has 2 aliphatic rings. The third-order valence-electron chi connectivity index (χ3n) is 5.26. The van der Waals surface area contributed by atoms with Crippen molar-refractivity contribution in [1.82, 2.24) is 15.1 Å². The molecule has 0 saturated heterocycles. The molecule has 7 heteroatoms. The van der Waals surface area contributed by atoms with Gasteiger partial charge in [-0.2, -0.15) is 5.10 Å². The van der Waals surface area contributed by atoms with Crippen LogP contribution in [0.5, 0.6) is 0 Å². The van der Waals surface area contributed by atoms with Crippen LogP contribution < -0.4 is 10.6 Å². The van der Waals surface area contributed by atoms with E-state index in [4.69, 9.17) is 0 Å². The summed E-state index contributed by atoms with van der Waals surface area (Å²) in [6.07, 6.45) is 7.51. The first-order chi connectivity index (χ1) is 12.4. The zero-order valence-corrected chi connectivity index (χ0v) is 18.3. The van der Waals surface area contributed by atoms with Crippen LogP contribution in [-0.2, 0) is 5.54 Å². The summed E-state index contributed by atoms with van der Waals surface area (Å²) in [5.41, 5.74) is 2.60. The van der Waals surface area contributed by atoms with Gasteiger partial charge in [-0.1, -0.05) is 12.1 Å². The van der Waals surface area contributed by atoms with E-state index in [1.807, 2.05) is 29.1 Å². The molecule has 2 aliphatic carbocycles. The fraction of sp³-hybridized carbons (Fsp3) is 0.524. The maximum Gasteiger partial charge on any atom is 0.255 e. The molecule has 1 aromatic heterocycles. The van der Waals surface area contributed by atoms with E-state index in [0.29, 0.717) is 17.5 Å². The number of carbonyl (C=O) groups is 1. The van der Waals surface area contributed by atoms with Crippen LogP contribution in [0.4, 0.5) is 5.69 Å². The number of carbonyl (C=O) groups excluding carboxylic acids is 1. The lowest BCUT2D eigenvalue weighted by Crippen LogP contribution is -2.22. The minimum Gasteiger partial charge on any atom is -0.319 e. The third-order valence-corrected chi connectivity index (χ3v) is 5.26. The van der Waals surface area contributed by atoms with Crippen molar-refractivity contribution in [2.24, 2.45) is 5.92 Å². The lowest BCUT2D eigenvalue weighted by molar-refractivity contribution is 0.102. The largest absolute Gasteiger partial charge is 0.319 e. The second-order valence-corrected chi connectivity index (χ2v) is 8.72. The van der Waals surface area contributed by atoms with Crippen molar-refractivity contribution in [1.29, 1.82) is 0 Å². The monoisotopic (exact) mass is 424 g/mol. The molecule has 2 fully saturated rings. The summed E-state index contributed by atoms with van der Waals surface area (Å²) in [6.45, 7) is 7.40. The summed E-state index contributed by atoms with van der Waals surface area (Å²) in [6, 6.07) is 8.62. The molecule has 2 aromatic rings. The van der Waals surface area contributed by atoms with Crippen LogP contribution in [0.15, 0.2) is 36.7 Å². The Bertz CT molecular complexity index is 811. The van der Waals surface area contributed by atoms with Gasteiger partial charge in [0.25, 0.3) is 5.91 Å². The molecule has 5 nitrogen and oxygen atoms in total. The average Bonchev–Trinajstić information content (AvgIpc) is 3.51. The van der Waals surface area contributed by atoms with Crippen LogP contribution in [-0.4, -0.2) is 28.3 Å². The van der Waals surface area contributed by atoms with Gasteiger partial charge in [0.1, 0.15) is 0 Å². The van der Waals surface area contributed by atoms with Crippen molar-refractivity contribution in [2.45, 2.75) is 57.5 Å². The highest BCUT2D eigenvalue weighted by molar-refractivity contribution is 6.04. The first-order valence-electron chi connectivity index (χ1n) is 9.60. The molecule has 1 aromatic carbocycles. The van der Waals surface area contributed by atoms with Gasteiger partial charge >= 0.3 is 0 Å². The van der Waals surface area contributed by atoms with E-state index < -0.39 is 0 Å². The lowest BCUT2D eigenvalue weighted by Gasteiger charge is -2.18. The van der Waals surface area contributed by atoms with Crippen LogP contribution in [0.2, 0.25) is 0 Å². The average molecular weight is 425 g/mol. The summed E-state index contributed by atoms with van der Waals surface area (Å²) in [7, 11) is 0. The SMILES string of the molecule is CC(C)(C)n1cc(NC(=O)c2cccc([C@@H]3C[C@H]3NCC3CC3)c2)cn1.Cl.Cl. The van der Waals surface area contributed by atoms with Crippen LogP contribution in [0.3, 0.4) is 0 Å². The molecular weight excluding hydrogens is 395 g/mol. The van der Waals surface area contributed by atoms with E-state index in [-0.39, 0.29) is 36.3 Å². The normalized spacial score (nSPS) is 20.7. The minimum absolute atomic E-state index is 0. The maximum atomic E-state index is 12.6. The number of anilines is 1. The molecule has 2 atom stereocenters. The standard InChI is InChI=1S/C21H28N4O.2ClH/c1-21(2,3)25-13-17(12-23-25)24-20(26)16-6-4-5-15(9-16)18-10-19(18)22-11-14-7-8-14;;/h4-6,9,12-14,18-19,22H,7-8,10-11H2,1-3H3,(H,24,26);2*1H/t18-,19+;;/m0../s1. The predicted octanol–water partition coefficient (Wildman–Crippen LogP) is 4.59. The van der Waals surface area contributed by atoms with E-state index in [1.165, 1.54) is 24.8 Å². The van der Waals surface area contributed by atoms with Crippen LogP contribution in [0.25, 0.3) is 0 Å². The number of halogens is 2. The van der Waals surface area contributed by atoms with Crippen molar-refractivity contribution in [3.8, 4) is 0 Å². The summed E-state index contributed by atoms with van der Waals surface area (Å²) in [5, 5.41) is 11.0. The Morgan fingerprint density at radius 1 is 1.25 bits per heavy atom. The molecule has 0 spiro atoms. The number of rotatable bonds is 6. The quantitative estimate of drug-likeness (QED) is 0.712. The molecule has 28 heavy (non-hydrogen) atoms.